The standard InChI is InChI=1S/C25H25Cl2FN2O3/c1-23(2)6-8-24(9-7-23)12-15(21(31)32)18(14-5-10-29-20(27)19(14)28)25(24)16-4-3-13(26)11-17(16)30-22(25)33/h3-5,10-11,15,18H,6-9,12H2,1-2H3,(H,30,33)(H,31,32)/t15-,18+,25-/m1/s1. The summed E-state index contributed by atoms with van der Waals surface area (Å²) in [6.45, 7) is 4.39. The summed E-state index contributed by atoms with van der Waals surface area (Å²) in [7, 11) is 0. The maximum absolute atomic E-state index is 15.4. The second-order valence-corrected chi connectivity index (χ2v) is 11.3. The number of carbonyl (C=O) groups excluding carboxylic acids is 1. The smallest absolute Gasteiger partial charge is 0.307 e. The third kappa shape index (κ3) is 3.06. The minimum Gasteiger partial charge on any atom is -0.481 e. The van der Waals surface area contributed by atoms with Gasteiger partial charge in [-0.05, 0) is 72.3 Å². The molecule has 8 heteroatoms. The van der Waals surface area contributed by atoms with Crippen molar-refractivity contribution in [3.8, 4) is 0 Å². The molecule has 2 heterocycles. The van der Waals surface area contributed by atoms with Crippen molar-refractivity contribution >= 4 is 40.8 Å². The number of hydrogen-bond acceptors (Lipinski definition) is 3. The van der Waals surface area contributed by atoms with Crippen LogP contribution in [0.3, 0.4) is 0 Å². The van der Waals surface area contributed by atoms with Gasteiger partial charge in [-0.25, -0.2) is 9.37 Å². The zero-order chi connectivity index (χ0) is 23.8. The van der Waals surface area contributed by atoms with Gasteiger partial charge in [-0.3, -0.25) is 9.59 Å². The van der Waals surface area contributed by atoms with Crippen molar-refractivity contribution in [1.29, 1.82) is 0 Å². The van der Waals surface area contributed by atoms with Crippen LogP contribution in [0.4, 0.5) is 10.1 Å². The van der Waals surface area contributed by atoms with Gasteiger partial charge in [-0.15, -0.1) is 0 Å². The molecule has 1 amide bonds. The van der Waals surface area contributed by atoms with Crippen LogP contribution in [-0.2, 0) is 15.0 Å². The molecule has 5 nitrogen and oxygen atoms in total. The van der Waals surface area contributed by atoms with E-state index in [1.165, 1.54) is 12.3 Å². The van der Waals surface area contributed by atoms with E-state index in [9.17, 15) is 14.7 Å². The highest BCUT2D eigenvalue weighted by Gasteiger charge is 2.72. The molecule has 3 atom stereocenters. The Labute approximate surface area is 201 Å². The number of benzene rings is 1. The number of rotatable bonds is 2. The largest absolute Gasteiger partial charge is 0.481 e. The average molecular weight is 491 g/mol. The van der Waals surface area contributed by atoms with Crippen molar-refractivity contribution in [3.05, 3.63) is 57.6 Å². The van der Waals surface area contributed by atoms with E-state index in [-0.39, 0.29) is 28.5 Å². The normalized spacial score (nSPS) is 29.3. The molecule has 2 spiro atoms. The van der Waals surface area contributed by atoms with Gasteiger partial charge in [0.15, 0.2) is 11.0 Å². The van der Waals surface area contributed by atoms with Crippen LogP contribution in [0.1, 0.15) is 63.0 Å². The predicted molar refractivity (Wildman–Crippen MR) is 124 cm³/mol. The van der Waals surface area contributed by atoms with Gasteiger partial charge >= 0.3 is 5.97 Å². The number of carbonyl (C=O) groups is 2. The van der Waals surface area contributed by atoms with Crippen molar-refractivity contribution in [2.24, 2.45) is 16.7 Å². The molecule has 0 unspecified atom stereocenters. The van der Waals surface area contributed by atoms with E-state index in [4.69, 9.17) is 23.2 Å². The number of carboxylic acid groups (broad SMARTS) is 1. The topological polar surface area (TPSA) is 79.3 Å². The minimum atomic E-state index is -1.25. The van der Waals surface area contributed by atoms with Crippen LogP contribution in [-0.4, -0.2) is 22.0 Å². The molecule has 2 N–H and O–H groups in total. The SMILES string of the molecule is CC1(C)CCC2(CC1)C[C@@H](C(=O)O)[C@H](c1ccnc(Cl)c1F)[C@]21C(=O)Nc2cc(Cl)ccc21. The number of halogens is 3. The Morgan fingerprint density at radius 3 is 2.55 bits per heavy atom. The summed E-state index contributed by atoms with van der Waals surface area (Å²) in [4.78, 5) is 30.5. The van der Waals surface area contributed by atoms with Gasteiger partial charge in [0.2, 0.25) is 5.91 Å². The minimum absolute atomic E-state index is 0.0897. The number of amides is 1. The fourth-order valence-electron chi connectivity index (χ4n) is 6.83. The first-order chi connectivity index (χ1) is 15.5. The Bertz CT molecular complexity index is 1170. The van der Waals surface area contributed by atoms with Gasteiger partial charge in [0.25, 0.3) is 0 Å². The third-order valence-corrected chi connectivity index (χ3v) is 8.92. The predicted octanol–water partition coefficient (Wildman–Crippen LogP) is 6.19. The highest BCUT2D eigenvalue weighted by atomic mass is 35.5. The van der Waals surface area contributed by atoms with Crippen LogP contribution >= 0.6 is 23.2 Å². The number of anilines is 1. The first-order valence-corrected chi connectivity index (χ1v) is 11.9. The molecular formula is C25H25Cl2FN2O3. The number of carboxylic acids is 1. The number of hydrogen-bond donors (Lipinski definition) is 2. The summed E-state index contributed by atoms with van der Waals surface area (Å²) >= 11 is 12.3. The average Bonchev–Trinajstić information content (AvgIpc) is 3.20. The van der Waals surface area contributed by atoms with Gasteiger partial charge in [0.1, 0.15) is 0 Å². The van der Waals surface area contributed by atoms with Gasteiger partial charge in [-0.1, -0.05) is 43.1 Å². The summed E-state index contributed by atoms with van der Waals surface area (Å²) < 4.78 is 15.4. The van der Waals surface area contributed by atoms with E-state index >= 15 is 4.39 Å². The lowest BCUT2D eigenvalue weighted by atomic mass is 9.51. The molecule has 2 aromatic rings. The molecule has 1 aromatic heterocycles. The highest BCUT2D eigenvalue weighted by Crippen LogP contribution is 2.72. The maximum atomic E-state index is 15.4. The lowest BCUT2D eigenvalue weighted by Gasteiger charge is -2.50. The van der Waals surface area contributed by atoms with Crippen LogP contribution in [0, 0.1) is 22.6 Å². The molecule has 0 bridgehead atoms. The fraction of sp³-hybridized carbons (Fsp3) is 0.480. The molecule has 0 radical (unpaired) electrons. The lowest BCUT2D eigenvalue weighted by Crippen LogP contribution is -2.52. The molecule has 1 aromatic carbocycles. The monoisotopic (exact) mass is 490 g/mol. The molecule has 174 valence electrons. The second kappa shape index (κ2) is 7.41. The van der Waals surface area contributed by atoms with E-state index in [2.05, 4.69) is 24.1 Å². The summed E-state index contributed by atoms with van der Waals surface area (Å²) in [5, 5.41) is 13.4. The Balaban J connectivity index is 1.83. The fourth-order valence-corrected chi connectivity index (χ4v) is 7.17. The van der Waals surface area contributed by atoms with Crippen LogP contribution in [0.5, 0.6) is 0 Å². The Morgan fingerprint density at radius 1 is 1.18 bits per heavy atom. The van der Waals surface area contributed by atoms with Crippen LogP contribution in [0.25, 0.3) is 0 Å². The number of pyridine rings is 1. The number of aromatic nitrogens is 1. The quantitative estimate of drug-likeness (QED) is 0.491. The summed E-state index contributed by atoms with van der Waals surface area (Å²) in [5.41, 5.74) is -0.417. The van der Waals surface area contributed by atoms with E-state index in [0.717, 1.165) is 12.8 Å². The van der Waals surface area contributed by atoms with Gasteiger partial charge in [0.05, 0.1) is 11.3 Å². The van der Waals surface area contributed by atoms with Crippen molar-refractivity contribution < 1.29 is 19.1 Å². The van der Waals surface area contributed by atoms with Gasteiger partial charge in [-0.2, -0.15) is 0 Å². The zero-order valence-corrected chi connectivity index (χ0v) is 19.9. The Hall–Kier alpha value is -2.18. The third-order valence-electron chi connectivity index (χ3n) is 8.42. The molecule has 2 saturated carbocycles. The molecule has 2 fully saturated rings. The van der Waals surface area contributed by atoms with Gasteiger partial charge < -0.3 is 10.4 Å². The number of aliphatic carboxylic acids is 1. The van der Waals surface area contributed by atoms with Crippen molar-refractivity contribution in [2.75, 3.05) is 5.32 Å². The van der Waals surface area contributed by atoms with Crippen molar-refractivity contribution in [2.45, 2.75) is 57.3 Å². The Morgan fingerprint density at radius 2 is 1.88 bits per heavy atom. The van der Waals surface area contributed by atoms with E-state index in [1.807, 2.05) is 0 Å². The van der Waals surface area contributed by atoms with Crippen molar-refractivity contribution in [3.63, 3.8) is 0 Å². The zero-order valence-electron chi connectivity index (χ0n) is 18.4. The van der Waals surface area contributed by atoms with E-state index < -0.39 is 34.5 Å². The Kier molecular flexibility index (Phi) is 5.07. The molecule has 3 aliphatic rings. The lowest BCUT2D eigenvalue weighted by molar-refractivity contribution is -0.142. The van der Waals surface area contributed by atoms with E-state index in [1.54, 1.807) is 18.2 Å². The number of fused-ring (bicyclic) bond motifs is 3. The number of nitrogens with zero attached hydrogens (tertiary/aromatic N) is 1. The maximum Gasteiger partial charge on any atom is 0.307 e. The van der Waals surface area contributed by atoms with Crippen LogP contribution < -0.4 is 5.32 Å². The highest BCUT2D eigenvalue weighted by molar-refractivity contribution is 6.31. The van der Waals surface area contributed by atoms with E-state index in [0.29, 0.717) is 29.1 Å². The summed E-state index contributed by atoms with van der Waals surface area (Å²) in [5.74, 6) is -3.98. The first-order valence-electron chi connectivity index (χ1n) is 11.2. The number of nitrogens with one attached hydrogen (secondary N) is 1. The molecular weight excluding hydrogens is 466 g/mol. The summed E-state index contributed by atoms with van der Waals surface area (Å²) in [6, 6.07) is 6.67. The van der Waals surface area contributed by atoms with Crippen molar-refractivity contribution in [1.82, 2.24) is 4.98 Å². The molecule has 2 aliphatic carbocycles. The first kappa shape index (κ1) is 22.6. The molecule has 5 rings (SSSR count). The summed E-state index contributed by atoms with van der Waals surface area (Å²) in [6.07, 6.45) is 4.72. The second-order valence-electron chi connectivity index (χ2n) is 10.5. The van der Waals surface area contributed by atoms with Crippen LogP contribution in [0.15, 0.2) is 30.5 Å². The molecule has 1 aliphatic heterocycles. The molecule has 33 heavy (non-hydrogen) atoms. The van der Waals surface area contributed by atoms with Gasteiger partial charge in [0, 0.05) is 22.8 Å². The van der Waals surface area contributed by atoms with Crippen LogP contribution in [0.2, 0.25) is 10.2 Å². The molecule has 0 saturated heterocycles.